The predicted octanol–water partition coefficient (Wildman–Crippen LogP) is 3.73. The number of fused-ring (bicyclic) bond motifs is 2. The van der Waals surface area contributed by atoms with Gasteiger partial charge in [-0.25, -0.2) is 0 Å². The normalized spacial score (nSPS) is 26.4. The molecule has 21 heavy (non-hydrogen) atoms. The van der Waals surface area contributed by atoms with Crippen molar-refractivity contribution in [1.29, 1.82) is 0 Å². The van der Waals surface area contributed by atoms with Gasteiger partial charge in [0.1, 0.15) is 12.4 Å². The number of thiocarbonyl (C=S) groups is 1. The molecule has 2 N–H and O–H groups in total. The van der Waals surface area contributed by atoms with Crippen LogP contribution in [0.4, 0.5) is 5.69 Å². The number of ether oxygens (including phenoxy) is 1. The van der Waals surface area contributed by atoms with Gasteiger partial charge in [-0.2, -0.15) is 0 Å². The van der Waals surface area contributed by atoms with E-state index < -0.39 is 0 Å². The van der Waals surface area contributed by atoms with Gasteiger partial charge in [-0.05, 0) is 67.6 Å². The molecule has 0 saturated heterocycles. The van der Waals surface area contributed by atoms with Crippen molar-refractivity contribution < 1.29 is 4.74 Å². The summed E-state index contributed by atoms with van der Waals surface area (Å²) in [6.45, 7) is 4.16. The van der Waals surface area contributed by atoms with Gasteiger partial charge in [0.25, 0.3) is 0 Å². The summed E-state index contributed by atoms with van der Waals surface area (Å²) < 4.78 is 5.46. The topological polar surface area (TPSA) is 33.3 Å². The molecule has 3 atom stereocenters. The van der Waals surface area contributed by atoms with Gasteiger partial charge in [-0.15, -0.1) is 0 Å². The molecule has 0 aliphatic heterocycles. The highest BCUT2D eigenvalue weighted by atomic mass is 32.1. The summed E-state index contributed by atoms with van der Waals surface area (Å²) in [5.74, 6) is 2.59. The van der Waals surface area contributed by atoms with Crippen LogP contribution >= 0.6 is 12.2 Å². The Morgan fingerprint density at radius 3 is 2.71 bits per heavy atom. The van der Waals surface area contributed by atoms with E-state index in [-0.39, 0.29) is 0 Å². The summed E-state index contributed by atoms with van der Waals surface area (Å²) in [4.78, 5) is 0. The van der Waals surface area contributed by atoms with E-state index in [2.05, 4.69) is 17.2 Å². The van der Waals surface area contributed by atoms with Crippen molar-refractivity contribution in [1.82, 2.24) is 5.32 Å². The van der Waals surface area contributed by atoms with Crippen LogP contribution in [-0.4, -0.2) is 17.8 Å². The lowest BCUT2D eigenvalue weighted by molar-refractivity contribution is 0.363. The fourth-order valence-electron chi connectivity index (χ4n) is 3.55. The summed E-state index contributed by atoms with van der Waals surface area (Å²) in [6.07, 6.45) is 7.17. The second kappa shape index (κ2) is 6.48. The highest BCUT2D eigenvalue weighted by molar-refractivity contribution is 7.80. The van der Waals surface area contributed by atoms with E-state index in [0.29, 0.717) is 12.6 Å². The summed E-state index contributed by atoms with van der Waals surface area (Å²) in [5, 5.41) is 7.47. The third kappa shape index (κ3) is 3.56. The van der Waals surface area contributed by atoms with Crippen molar-refractivity contribution >= 4 is 23.0 Å². The molecule has 3 nitrogen and oxygen atoms in total. The van der Waals surface area contributed by atoms with Crippen LogP contribution < -0.4 is 15.4 Å². The zero-order valence-electron chi connectivity index (χ0n) is 12.2. The number of rotatable bonds is 5. The maximum atomic E-state index is 5.46. The van der Waals surface area contributed by atoms with Crippen molar-refractivity contribution in [2.24, 2.45) is 11.8 Å². The van der Waals surface area contributed by atoms with Gasteiger partial charge >= 0.3 is 0 Å². The molecule has 0 radical (unpaired) electrons. The third-order valence-electron chi connectivity index (χ3n) is 4.53. The molecule has 0 unspecified atom stereocenters. The van der Waals surface area contributed by atoms with Crippen LogP contribution in [0.15, 0.2) is 36.9 Å². The fourth-order valence-corrected chi connectivity index (χ4v) is 3.82. The van der Waals surface area contributed by atoms with E-state index in [4.69, 9.17) is 17.0 Å². The zero-order chi connectivity index (χ0) is 14.7. The molecule has 2 saturated carbocycles. The largest absolute Gasteiger partial charge is 0.490 e. The molecule has 112 valence electrons. The van der Waals surface area contributed by atoms with E-state index in [1.54, 1.807) is 6.08 Å². The molecule has 1 aromatic carbocycles. The zero-order valence-corrected chi connectivity index (χ0v) is 13.0. The van der Waals surface area contributed by atoms with Crippen molar-refractivity contribution in [3.63, 3.8) is 0 Å². The minimum absolute atomic E-state index is 0.525. The molecule has 0 spiro atoms. The number of benzene rings is 1. The number of anilines is 1. The van der Waals surface area contributed by atoms with Crippen LogP contribution in [0.5, 0.6) is 5.75 Å². The SMILES string of the molecule is C=CCOc1ccc(NC(=S)N[C@@H]2C[C@H]3CC[C@H]2C3)cc1. The van der Waals surface area contributed by atoms with E-state index in [1.165, 1.54) is 25.7 Å². The van der Waals surface area contributed by atoms with Crippen molar-refractivity contribution in [3.05, 3.63) is 36.9 Å². The molecule has 2 bridgehead atoms. The summed E-state index contributed by atoms with van der Waals surface area (Å²) in [7, 11) is 0. The standard InChI is InChI=1S/C17H22N2OS/c1-2-9-20-15-7-5-14(6-8-15)18-17(21)19-16-11-12-3-4-13(16)10-12/h2,5-8,12-13,16H,1,3-4,9-11H2,(H2,18,19,21)/t12-,13-,16+/m0/s1. The molecule has 3 rings (SSSR count). The van der Waals surface area contributed by atoms with Crippen molar-refractivity contribution in [3.8, 4) is 5.75 Å². The van der Waals surface area contributed by atoms with Gasteiger partial charge in [-0.3, -0.25) is 0 Å². The molecular weight excluding hydrogens is 280 g/mol. The Kier molecular flexibility index (Phi) is 4.44. The summed E-state index contributed by atoms with van der Waals surface area (Å²) in [5.41, 5.74) is 0.988. The van der Waals surface area contributed by atoms with Crippen LogP contribution in [0.3, 0.4) is 0 Å². The highest BCUT2D eigenvalue weighted by Crippen LogP contribution is 2.44. The number of hydrogen-bond acceptors (Lipinski definition) is 2. The van der Waals surface area contributed by atoms with E-state index in [0.717, 1.165) is 28.4 Å². The first-order valence-corrected chi connectivity index (χ1v) is 8.06. The lowest BCUT2D eigenvalue weighted by atomic mass is 9.96. The van der Waals surface area contributed by atoms with Gasteiger partial charge in [0.15, 0.2) is 5.11 Å². The minimum atomic E-state index is 0.525. The Bertz CT molecular complexity index is 514. The van der Waals surface area contributed by atoms with Crippen LogP contribution in [0.2, 0.25) is 0 Å². The second-order valence-corrected chi connectivity index (χ2v) is 6.41. The lowest BCUT2D eigenvalue weighted by Crippen LogP contribution is -2.40. The molecule has 2 aliphatic carbocycles. The van der Waals surface area contributed by atoms with Gasteiger partial charge < -0.3 is 15.4 Å². The number of nitrogens with one attached hydrogen (secondary N) is 2. The Balaban J connectivity index is 1.49. The molecule has 1 aromatic rings. The highest BCUT2D eigenvalue weighted by Gasteiger charge is 2.39. The second-order valence-electron chi connectivity index (χ2n) is 6.00. The molecule has 2 aliphatic rings. The van der Waals surface area contributed by atoms with Gasteiger partial charge in [0.2, 0.25) is 0 Å². The fraction of sp³-hybridized carbons (Fsp3) is 0.471. The van der Waals surface area contributed by atoms with Crippen molar-refractivity contribution in [2.75, 3.05) is 11.9 Å². The minimum Gasteiger partial charge on any atom is -0.490 e. The Labute approximate surface area is 131 Å². The average Bonchev–Trinajstić information content (AvgIpc) is 3.09. The number of hydrogen-bond donors (Lipinski definition) is 2. The quantitative estimate of drug-likeness (QED) is 0.641. The third-order valence-corrected chi connectivity index (χ3v) is 4.75. The molecule has 0 heterocycles. The maximum absolute atomic E-state index is 5.46. The molecule has 0 aromatic heterocycles. The van der Waals surface area contributed by atoms with Gasteiger partial charge in [-0.1, -0.05) is 19.1 Å². The molecular formula is C17H22N2OS. The van der Waals surface area contributed by atoms with Gasteiger partial charge in [0, 0.05) is 11.7 Å². The predicted molar refractivity (Wildman–Crippen MR) is 90.7 cm³/mol. The summed E-state index contributed by atoms with van der Waals surface area (Å²) in [6, 6.07) is 8.40. The first kappa shape index (κ1) is 14.4. The monoisotopic (exact) mass is 302 g/mol. The average molecular weight is 302 g/mol. The Morgan fingerprint density at radius 2 is 2.10 bits per heavy atom. The van der Waals surface area contributed by atoms with Crippen LogP contribution in [-0.2, 0) is 0 Å². The molecule has 4 heteroatoms. The first-order valence-electron chi connectivity index (χ1n) is 7.66. The first-order chi connectivity index (χ1) is 10.2. The smallest absolute Gasteiger partial charge is 0.171 e. The Hall–Kier alpha value is -1.55. The van der Waals surface area contributed by atoms with Gasteiger partial charge in [0.05, 0.1) is 0 Å². The van der Waals surface area contributed by atoms with E-state index in [9.17, 15) is 0 Å². The van der Waals surface area contributed by atoms with Crippen LogP contribution in [0, 0.1) is 11.8 Å². The van der Waals surface area contributed by atoms with Crippen LogP contribution in [0.1, 0.15) is 25.7 Å². The van der Waals surface area contributed by atoms with Crippen molar-refractivity contribution in [2.45, 2.75) is 31.7 Å². The Morgan fingerprint density at radius 1 is 1.29 bits per heavy atom. The molecule has 2 fully saturated rings. The lowest BCUT2D eigenvalue weighted by Gasteiger charge is -2.24. The van der Waals surface area contributed by atoms with E-state index in [1.807, 2.05) is 24.3 Å². The summed E-state index contributed by atoms with van der Waals surface area (Å²) >= 11 is 5.42. The van der Waals surface area contributed by atoms with Crippen LogP contribution in [0.25, 0.3) is 0 Å². The van der Waals surface area contributed by atoms with E-state index >= 15 is 0 Å². The molecule has 0 amide bonds. The maximum Gasteiger partial charge on any atom is 0.171 e.